The summed E-state index contributed by atoms with van der Waals surface area (Å²) >= 11 is 0. The molecular weight excluding hydrogens is 312 g/mol. The summed E-state index contributed by atoms with van der Waals surface area (Å²) in [6.45, 7) is 0. The van der Waals surface area contributed by atoms with Crippen molar-refractivity contribution in [3.63, 3.8) is 0 Å². The molecular formula is C22H16O3. The van der Waals surface area contributed by atoms with Gasteiger partial charge in [0.1, 0.15) is 11.3 Å². The number of phenols is 1. The van der Waals surface area contributed by atoms with Crippen molar-refractivity contribution in [2.75, 3.05) is 0 Å². The van der Waals surface area contributed by atoms with E-state index in [2.05, 4.69) is 0 Å². The second-order valence-corrected chi connectivity index (χ2v) is 5.95. The van der Waals surface area contributed by atoms with E-state index in [0.29, 0.717) is 17.6 Å². The predicted octanol–water partition coefficient (Wildman–Crippen LogP) is 4.76. The van der Waals surface area contributed by atoms with Crippen molar-refractivity contribution in [2.45, 2.75) is 6.42 Å². The first-order chi connectivity index (χ1) is 12.2. The molecule has 4 rings (SSSR count). The molecule has 0 saturated heterocycles. The average molecular weight is 328 g/mol. The lowest BCUT2D eigenvalue weighted by Gasteiger charge is -2.12. The largest absolute Gasteiger partial charge is 0.508 e. The van der Waals surface area contributed by atoms with Crippen molar-refractivity contribution in [2.24, 2.45) is 0 Å². The summed E-state index contributed by atoms with van der Waals surface area (Å²) in [4.78, 5) is 12.7. The summed E-state index contributed by atoms with van der Waals surface area (Å²) in [5, 5.41) is 10.6. The van der Waals surface area contributed by atoms with E-state index in [4.69, 9.17) is 4.42 Å². The minimum absolute atomic E-state index is 0.0776. The molecule has 0 unspecified atom stereocenters. The van der Waals surface area contributed by atoms with Crippen molar-refractivity contribution >= 4 is 11.0 Å². The van der Waals surface area contributed by atoms with Crippen LogP contribution < -0.4 is 5.63 Å². The second-order valence-electron chi connectivity index (χ2n) is 5.95. The van der Waals surface area contributed by atoms with E-state index in [1.165, 1.54) is 6.07 Å². The van der Waals surface area contributed by atoms with Gasteiger partial charge in [0.15, 0.2) is 0 Å². The highest BCUT2D eigenvalue weighted by Gasteiger charge is 2.17. The van der Waals surface area contributed by atoms with Crippen LogP contribution in [0.15, 0.2) is 88.1 Å². The van der Waals surface area contributed by atoms with Gasteiger partial charge in [0.2, 0.25) is 0 Å². The van der Waals surface area contributed by atoms with Gasteiger partial charge in [0.25, 0.3) is 0 Å². The van der Waals surface area contributed by atoms with E-state index < -0.39 is 5.63 Å². The van der Waals surface area contributed by atoms with Gasteiger partial charge in [0.05, 0.1) is 5.56 Å². The fourth-order valence-electron chi connectivity index (χ4n) is 3.13. The smallest absolute Gasteiger partial charge is 0.344 e. The molecule has 1 heterocycles. The Morgan fingerprint density at radius 2 is 1.52 bits per heavy atom. The lowest BCUT2D eigenvalue weighted by Crippen LogP contribution is -2.08. The van der Waals surface area contributed by atoms with Crippen LogP contribution >= 0.6 is 0 Å². The normalized spacial score (nSPS) is 10.9. The van der Waals surface area contributed by atoms with E-state index in [0.717, 1.165) is 22.1 Å². The van der Waals surface area contributed by atoms with Crippen LogP contribution in [0.1, 0.15) is 11.1 Å². The molecule has 0 aliphatic rings. The van der Waals surface area contributed by atoms with Crippen molar-refractivity contribution in [3.8, 4) is 16.9 Å². The maximum Gasteiger partial charge on any atom is 0.344 e. The van der Waals surface area contributed by atoms with E-state index in [1.54, 1.807) is 12.1 Å². The zero-order valence-corrected chi connectivity index (χ0v) is 13.5. The number of hydrogen-bond donors (Lipinski definition) is 1. The Kier molecular flexibility index (Phi) is 3.82. The first kappa shape index (κ1) is 15.2. The molecule has 0 spiro atoms. The van der Waals surface area contributed by atoms with Crippen molar-refractivity contribution in [3.05, 3.63) is 100 Å². The zero-order valence-electron chi connectivity index (χ0n) is 13.5. The maximum absolute atomic E-state index is 12.7. The van der Waals surface area contributed by atoms with Gasteiger partial charge in [0, 0.05) is 11.5 Å². The molecule has 0 fully saturated rings. The van der Waals surface area contributed by atoms with Gasteiger partial charge in [-0.3, -0.25) is 0 Å². The quantitative estimate of drug-likeness (QED) is 0.552. The van der Waals surface area contributed by atoms with Crippen LogP contribution in [-0.2, 0) is 6.42 Å². The van der Waals surface area contributed by atoms with Crippen LogP contribution in [0.5, 0.6) is 5.75 Å². The molecule has 0 atom stereocenters. The Balaban J connectivity index is 2.03. The van der Waals surface area contributed by atoms with Gasteiger partial charge in [-0.05, 0) is 35.2 Å². The van der Waals surface area contributed by atoms with Crippen LogP contribution in [0, 0.1) is 0 Å². The van der Waals surface area contributed by atoms with Crippen LogP contribution in [0.3, 0.4) is 0 Å². The fraction of sp³-hybridized carbons (Fsp3) is 0.0455. The van der Waals surface area contributed by atoms with Gasteiger partial charge < -0.3 is 9.52 Å². The number of benzene rings is 3. The fourth-order valence-corrected chi connectivity index (χ4v) is 3.13. The number of hydrogen-bond acceptors (Lipinski definition) is 3. The molecule has 3 nitrogen and oxygen atoms in total. The van der Waals surface area contributed by atoms with Crippen LogP contribution in [0.2, 0.25) is 0 Å². The molecule has 4 aromatic rings. The highest BCUT2D eigenvalue weighted by Crippen LogP contribution is 2.31. The lowest BCUT2D eigenvalue weighted by atomic mass is 9.93. The zero-order chi connectivity index (χ0) is 17.2. The third-order valence-electron chi connectivity index (χ3n) is 4.29. The Labute approximate surface area is 144 Å². The van der Waals surface area contributed by atoms with E-state index >= 15 is 0 Å². The third-order valence-corrected chi connectivity index (χ3v) is 4.29. The SMILES string of the molecule is O=c1oc2cc(O)ccc2c(Cc2ccccc2)c1-c1ccccc1. The van der Waals surface area contributed by atoms with Crippen molar-refractivity contribution in [1.29, 1.82) is 0 Å². The van der Waals surface area contributed by atoms with Gasteiger partial charge in [-0.15, -0.1) is 0 Å². The number of phenolic OH excluding ortho intramolecular Hbond substituents is 1. The lowest BCUT2D eigenvalue weighted by molar-refractivity contribution is 0.473. The molecule has 0 radical (unpaired) electrons. The molecule has 1 aromatic heterocycles. The molecule has 3 aromatic carbocycles. The van der Waals surface area contributed by atoms with Gasteiger partial charge in [-0.2, -0.15) is 0 Å². The van der Waals surface area contributed by atoms with E-state index in [-0.39, 0.29) is 5.75 Å². The molecule has 122 valence electrons. The van der Waals surface area contributed by atoms with Crippen LogP contribution in [0.4, 0.5) is 0 Å². The first-order valence-corrected chi connectivity index (χ1v) is 8.10. The monoisotopic (exact) mass is 328 g/mol. The molecule has 0 aliphatic heterocycles. The molecule has 0 saturated carbocycles. The van der Waals surface area contributed by atoms with E-state index in [9.17, 15) is 9.90 Å². The Morgan fingerprint density at radius 3 is 2.24 bits per heavy atom. The maximum atomic E-state index is 12.7. The number of fused-ring (bicyclic) bond motifs is 1. The molecule has 0 bridgehead atoms. The predicted molar refractivity (Wildman–Crippen MR) is 98.8 cm³/mol. The first-order valence-electron chi connectivity index (χ1n) is 8.10. The average Bonchev–Trinajstić information content (AvgIpc) is 2.63. The van der Waals surface area contributed by atoms with Gasteiger partial charge >= 0.3 is 5.63 Å². The highest BCUT2D eigenvalue weighted by molar-refractivity contribution is 5.88. The van der Waals surface area contributed by atoms with E-state index in [1.807, 2.05) is 60.7 Å². The van der Waals surface area contributed by atoms with Crippen molar-refractivity contribution in [1.82, 2.24) is 0 Å². The van der Waals surface area contributed by atoms with Crippen LogP contribution in [-0.4, -0.2) is 5.11 Å². The summed E-state index contributed by atoms with van der Waals surface area (Å²) in [6.07, 6.45) is 0.609. The Morgan fingerprint density at radius 1 is 0.840 bits per heavy atom. The summed E-state index contributed by atoms with van der Waals surface area (Å²) in [5.74, 6) is 0.0776. The minimum Gasteiger partial charge on any atom is -0.508 e. The Bertz CT molecular complexity index is 1080. The molecule has 3 heteroatoms. The molecule has 0 amide bonds. The topological polar surface area (TPSA) is 50.4 Å². The summed E-state index contributed by atoms with van der Waals surface area (Å²) in [6, 6.07) is 24.5. The molecule has 1 N–H and O–H groups in total. The second kappa shape index (κ2) is 6.29. The molecule has 25 heavy (non-hydrogen) atoms. The standard InChI is InChI=1S/C22H16O3/c23-17-11-12-18-19(13-15-7-3-1-4-8-15)21(16-9-5-2-6-10-16)22(24)25-20(18)14-17/h1-12,14,23H,13H2. The number of aromatic hydroxyl groups is 1. The third kappa shape index (κ3) is 2.92. The van der Waals surface area contributed by atoms with Crippen molar-refractivity contribution < 1.29 is 9.52 Å². The summed E-state index contributed by atoms with van der Waals surface area (Å²) in [5.41, 5.74) is 3.42. The van der Waals surface area contributed by atoms with Crippen LogP contribution in [0.25, 0.3) is 22.1 Å². The molecule has 0 aliphatic carbocycles. The summed E-state index contributed by atoms with van der Waals surface area (Å²) < 4.78 is 5.49. The van der Waals surface area contributed by atoms with Gasteiger partial charge in [-0.1, -0.05) is 60.7 Å². The number of rotatable bonds is 3. The highest BCUT2D eigenvalue weighted by atomic mass is 16.4. The van der Waals surface area contributed by atoms with Gasteiger partial charge in [-0.25, -0.2) is 4.79 Å². The summed E-state index contributed by atoms with van der Waals surface area (Å²) in [7, 11) is 0. The minimum atomic E-state index is -0.393. The Hall–Kier alpha value is -3.33.